The van der Waals surface area contributed by atoms with Gasteiger partial charge in [0.2, 0.25) is 0 Å². The number of carbonyl (C=O) groups is 2. The maximum Gasteiger partial charge on any atom is 0.345 e. The molecule has 0 heterocycles. The summed E-state index contributed by atoms with van der Waals surface area (Å²) < 4.78 is 9.78. The van der Waals surface area contributed by atoms with Gasteiger partial charge in [0.05, 0.1) is 0 Å². The fraction of sp³-hybridized carbons (Fsp3) is 0.231. The molecule has 0 atom stereocenters. The fourth-order valence-corrected chi connectivity index (χ4v) is 1.11. The molecule has 88 valence electrons. The number of hydrogen-bond donors (Lipinski definition) is 0. The van der Waals surface area contributed by atoms with Crippen molar-refractivity contribution >= 4 is 11.8 Å². The minimum atomic E-state index is -0.545. The topological polar surface area (TPSA) is 52.6 Å². The Balaban J connectivity index is 2.52. The number of Topliss-reactive ketones (excluding diaryl/α,β-unsaturated/α-hetero) is 1. The summed E-state index contributed by atoms with van der Waals surface area (Å²) in [4.78, 5) is 22.2. The average molecular weight is 232 g/mol. The molecule has 4 heteroatoms. The molecular weight excluding hydrogens is 220 g/mol. The quantitative estimate of drug-likeness (QED) is 0.438. The first kappa shape index (κ1) is 12.8. The molecule has 0 saturated heterocycles. The van der Waals surface area contributed by atoms with Gasteiger partial charge in [0.1, 0.15) is 5.75 Å². The van der Waals surface area contributed by atoms with E-state index < -0.39 is 5.97 Å². The highest BCUT2D eigenvalue weighted by molar-refractivity contribution is 5.94. The summed E-state index contributed by atoms with van der Waals surface area (Å²) in [5.74, 6) is 2.01. The molecule has 0 aliphatic carbocycles. The lowest BCUT2D eigenvalue weighted by Crippen LogP contribution is -2.15. The zero-order valence-electron chi connectivity index (χ0n) is 9.43. The van der Waals surface area contributed by atoms with E-state index in [9.17, 15) is 9.59 Å². The van der Waals surface area contributed by atoms with E-state index >= 15 is 0 Å². The van der Waals surface area contributed by atoms with Gasteiger partial charge in [0.15, 0.2) is 19.0 Å². The van der Waals surface area contributed by atoms with Crippen LogP contribution in [0, 0.1) is 12.3 Å². The lowest BCUT2D eigenvalue weighted by atomic mass is 10.1. The summed E-state index contributed by atoms with van der Waals surface area (Å²) in [6, 6.07) is 6.57. The van der Waals surface area contributed by atoms with Crippen LogP contribution in [0.3, 0.4) is 0 Å². The van der Waals surface area contributed by atoms with Gasteiger partial charge in [0.25, 0.3) is 0 Å². The van der Waals surface area contributed by atoms with E-state index in [0.717, 1.165) is 0 Å². The molecule has 1 rings (SSSR count). The SMILES string of the molecule is C#CCOC(=O)COc1cccc(C(C)=O)c1. The Kier molecular flexibility index (Phi) is 4.77. The van der Waals surface area contributed by atoms with Crippen molar-refractivity contribution in [2.45, 2.75) is 6.92 Å². The number of esters is 1. The summed E-state index contributed by atoms with van der Waals surface area (Å²) in [6.45, 7) is 1.15. The summed E-state index contributed by atoms with van der Waals surface area (Å²) in [5.41, 5.74) is 0.527. The third-order valence-electron chi connectivity index (χ3n) is 1.91. The monoisotopic (exact) mass is 232 g/mol. The molecule has 0 aromatic heterocycles. The second kappa shape index (κ2) is 6.33. The van der Waals surface area contributed by atoms with Crippen molar-refractivity contribution in [1.82, 2.24) is 0 Å². The van der Waals surface area contributed by atoms with E-state index in [-0.39, 0.29) is 19.0 Å². The lowest BCUT2D eigenvalue weighted by Gasteiger charge is -2.06. The first-order valence-corrected chi connectivity index (χ1v) is 4.96. The Labute approximate surface area is 99.5 Å². The van der Waals surface area contributed by atoms with Crippen LogP contribution in [0.1, 0.15) is 17.3 Å². The van der Waals surface area contributed by atoms with Gasteiger partial charge in [-0.2, -0.15) is 0 Å². The highest BCUT2D eigenvalue weighted by Gasteiger charge is 2.05. The maximum atomic E-state index is 11.1. The number of benzene rings is 1. The maximum absolute atomic E-state index is 11.1. The van der Waals surface area contributed by atoms with Gasteiger partial charge in [0, 0.05) is 5.56 Å². The molecule has 0 bridgehead atoms. The van der Waals surface area contributed by atoms with E-state index in [2.05, 4.69) is 10.7 Å². The normalized spacial score (nSPS) is 9.18. The molecule has 4 nitrogen and oxygen atoms in total. The van der Waals surface area contributed by atoms with Crippen molar-refractivity contribution in [2.24, 2.45) is 0 Å². The zero-order chi connectivity index (χ0) is 12.7. The third kappa shape index (κ3) is 4.39. The average Bonchev–Trinajstić information content (AvgIpc) is 2.34. The Bertz CT molecular complexity index is 457. The third-order valence-corrected chi connectivity index (χ3v) is 1.91. The van der Waals surface area contributed by atoms with Crippen molar-refractivity contribution in [3.63, 3.8) is 0 Å². The van der Waals surface area contributed by atoms with Crippen molar-refractivity contribution in [1.29, 1.82) is 0 Å². The van der Waals surface area contributed by atoms with Gasteiger partial charge in [-0.3, -0.25) is 4.79 Å². The van der Waals surface area contributed by atoms with E-state index in [1.165, 1.54) is 6.92 Å². The second-order valence-electron chi connectivity index (χ2n) is 3.24. The molecule has 0 fully saturated rings. The standard InChI is InChI=1S/C13H12O4/c1-3-7-16-13(15)9-17-12-6-4-5-11(8-12)10(2)14/h1,4-6,8H,7,9H2,2H3. The number of carbonyl (C=O) groups excluding carboxylic acids is 2. The highest BCUT2D eigenvalue weighted by Crippen LogP contribution is 2.13. The van der Waals surface area contributed by atoms with Crippen LogP contribution in [0.5, 0.6) is 5.75 Å². The number of ether oxygens (including phenoxy) is 2. The van der Waals surface area contributed by atoms with Crippen LogP contribution in [0.4, 0.5) is 0 Å². The predicted molar refractivity (Wildman–Crippen MR) is 61.7 cm³/mol. The number of ketones is 1. The van der Waals surface area contributed by atoms with Crippen LogP contribution in [-0.4, -0.2) is 25.0 Å². The Morgan fingerprint density at radius 2 is 2.18 bits per heavy atom. The number of rotatable bonds is 5. The van der Waals surface area contributed by atoms with Crippen molar-refractivity contribution in [3.05, 3.63) is 29.8 Å². The molecule has 0 aliphatic heterocycles. The van der Waals surface area contributed by atoms with Gasteiger partial charge >= 0.3 is 5.97 Å². The van der Waals surface area contributed by atoms with Crippen LogP contribution in [0.2, 0.25) is 0 Å². The van der Waals surface area contributed by atoms with E-state index in [4.69, 9.17) is 11.2 Å². The molecular formula is C13H12O4. The number of hydrogen-bond acceptors (Lipinski definition) is 4. The molecule has 1 aromatic rings. The van der Waals surface area contributed by atoms with Crippen LogP contribution in [-0.2, 0) is 9.53 Å². The fourth-order valence-electron chi connectivity index (χ4n) is 1.11. The van der Waals surface area contributed by atoms with Gasteiger partial charge in [-0.1, -0.05) is 18.1 Å². The van der Waals surface area contributed by atoms with Gasteiger partial charge < -0.3 is 9.47 Å². The Morgan fingerprint density at radius 3 is 2.82 bits per heavy atom. The molecule has 0 spiro atoms. The lowest BCUT2D eigenvalue weighted by molar-refractivity contribution is -0.144. The van der Waals surface area contributed by atoms with Gasteiger partial charge in [-0.15, -0.1) is 6.42 Å². The molecule has 0 N–H and O–H groups in total. The first-order chi connectivity index (χ1) is 8.13. The van der Waals surface area contributed by atoms with Crippen LogP contribution < -0.4 is 4.74 Å². The summed E-state index contributed by atoms with van der Waals surface area (Å²) in [6.07, 6.45) is 4.93. The van der Waals surface area contributed by atoms with E-state index in [0.29, 0.717) is 11.3 Å². The number of terminal acetylenes is 1. The summed E-state index contributed by atoms with van der Waals surface area (Å²) in [5, 5.41) is 0. The molecule has 0 unspecified atom stereocenters. The molecule has 0 radical (unpaired) electrons. The first-order valence-electron chi connectivity index (χ1n) is 4.96. The molecule has 0 aliphatic rings. The Morgan fingerprint density at radius 1 is 1.41 bits per heavy atom. The van der Waals surface area contributed by atoms with Crippen LogP contribution >= 0.6 is 0 Å². The minimum Gasteiger partial charge on any atom is -0.482 e. The van der Waals surface area contributed by atoms with E-state index in [1.807, 2.05) is 0 Å². The molecule has 1 aromatic carbocycles. The minimum absolute atomic E-state index is 0.0645. The van der Waals surface area contributed by atoms with Crippen LogP contribution in [0.25, 0.3) is 0 Å². The van der Waals surface area contributed by atoms with Crippen molar-refractivity contribution in [2.75, 3.05) is 13.2 Å². The molecule has 0 saturated carbocycles. The molecule has 0 amide bonds. The van der Waals surface area contributed by atoms with Crippen LogP contribution in [0.15, 0.2) is 24.3 Å². The zero-order valence-corrected chi connectivity index (χ0v) is 9.43. The largest absolute Gasteiger partial charge is 0.482 e. The second-order valence-corrected chi connectivity index (χ2v) is 3.24. The van der Waals surface area contributed by atoms with Crippen molar-refractivity contribution in [3.8, 4) is 18.1 Å². The summed E-state index contributed by atoms with van der Waals surface area (Å²) in [7, 11) is 0. The Hall–Kier alpha value is -2.28. The highest BCUT2D eigenvalue weighted by atomic mass is 16.6. The molecule has 17 heavy (non-hydrogen) atoms. The van der Waals surface area contributed by atoms with E-state index in [1.54, 1.807) is 24.3 Å². The van der Waals surface area contributed by atoms with Gasteiger partial charge in [-0.25, -0.2) is 4.79 Å². The van der Waals surface area contributed by atoms with Gasteiger partial charge in [-0.05, 0) is 19.1 Å². The predicted octanol–water partition coefficient (Wildman–Crippen LogP) is 1.44. The van der Waals surface area contributed by atoms with Crippen molar-refractivity contribution < 1.29 is 19.1 Å². The summed E-state index contributed by atoms with van der Waals surface area (Å²) >= 11 is 0. The smallest absolute Gasteiger partial charge is 0.345 e.